The SMILES string of the molecule is O=C([O-])C1CC[NH+]([C@H]2CC(=O)N(c3ccc(Br)cc3)C2=O)CC1. The van der Waals surface area contributed by atoms with Crippen LogP contribution in [0.5, 0.6) is 0 Å². The molecule has 2 fully saturated rings. The van der Waals surface area contributed by atoms with E-state index in [1.807, 2.05) is 0 Å². The lowest BCUT2D eigenvalue weighted by Gasteiger charge is -2.32. The normalized spacial score (nSPS) is 28.2. The zero-order valence-electron chi connectivity index (χ0n) is 12.5. The molecule has 1 aromatic carbocycles. The number of hydrogen-bond acceptors (Lipinski definition) is 4. The molecule has 7 heteroatoms. The number of quaternary nitrogens is 1. The number of amides is 2. The lowest BCUT2D eigenvalue weighted by atomic mass is 9.96. The van der Waals surface area contributed by atoms with Crippen LogP contribution in [0.25, 0.3) is 0 Å². The Hall–Kier alpha value is -1.73. The van der Waals surface area contributed by atoms with E-state index in [0.29, 0.717) is 31.6 Å². The van der Waals surface area contributed by atoms with Crippen molar-refractivity contribution in [2.24, 2.45) is 5.92 Å². The largest absolute Gasteiger partial charge is 0.550 e. The summed E-state index contributed by atoms with van der Waals surface area (Å²) in [6.07, 6.45) is 1.17. The number of carbonyl (C=O) groups is 3. The number of benzene rings is 1. The van der Waals surface area contributed by atoms with Gasteiger partial charge >= 0.3 is 0 Å². The summed E-state index contributed by atoms with van der Waals surface area (Å²) in [6.45, 7) is 1.16. The maximum Gasteiger partial charge on any atom is 0.292 e. The highest BCUT2D eigenvalue weighted by atomic mass is 79.9. The number of aliphatic carboxylic acids is 1. The second kappa shape index (κ2) is 6.41. The fourth-order valence-electron chi connectivity index (χ4n) is 3.39. The molecule has 0 radical (unpaired) electrons. The van der Waals surface area contributed by atoms with Crippen molar-refractivity contribution in [2.45, 2.75) is 25.3 Å². The number of halogens is 1. The maximum absolute atomic E-state index is 12.7. The number of rotatable bonds is 3. The summed E-state index contributed by atoms with van der Waals surface area (Å²) in [5.74, 6) is -1.85. The van der Waals surface area contributed by atoms with E-state index in [1.54, 1.807) is 24.3 Å². The number of carbonyl (C=O) groups excluding carboxylic acids is 3. The maximum atomic E-state index is 12.7. The Kier molecular flexibility index (Phi) is 4.50. The number of hydrogen-bond donors (Lipinski definition) is 1. The van der Waals surface area contributed by atoms with Crippen molar-refractivity contribution in [1.29, 1.82) is 0 Å². The zero-order valence-corrected chi connectivity index (χ0v) is 14.0. The number of nitrogens with zero attached hydrogens (tertiary/aromatic N) is 1. The molecule has 1 aromatic rings. The van der Waals surface area contributed by atoms with E-state index in [4.69, 9.17) is 0 Å². The number of carboxylic acids is 1. The van der Waals surface area contributed by atoms with Gasteiger partial charge in [0, 0.05) is 29.2 Å². The third-order valence-corrected chi connectivity index (χ3v) is 5.21. The second-order valence-electron chi connectivity index (χ2n) is 6.05. The van der Waals surface area contributed by atoms with Crippen LogP contribution < -0.4 is 14.9 Å². The highest BCUT2D eigenvalue weighted by Gasteiger charge is 2.46. The second-order valence-corrected chi connectivity index (χ2v) is 6.97. The molecule has 1 N–H and O–H groups in total. The topological polar surface area (TPSA) is 81.9 Å². The van der Waals surface area contributed by atoms with Crippen molar-refractivity contribution >= 4 is 39.4 Å². The molecule has 0 saturated carbocycles. The van der Waals surface area contributed by atoms with E-state index >= 15 is 0 Å². The van der Waals surface area contributed by atoms with Gasteiger partial charge in [0.2, 0.25) is 5.91 Å². The van der Waals surface area contributed by atoms with Crippen molar-refractivity contribution in [3.8, 4) is 0 Å². The van der Waals surface area contributed by atoms with Crippen molar-refractivity contribution in [1.82, 2.24) is 0 Å². The summed E-state index contributed by atoms with van der Waals surface area (Å²) in [5, 5.41) is 10.9. The van der Waals surface area contributed by atoms with Gasteiger partial charge in [0.15, 0.2) is 6.04 Å². The Morgan fingerprint density at radius 3 is 2.35 bits per heavy atom. The van der Waals surface area contributed by atoms with E-state index in [-0.39, 0.29) is 18.2 Å². The van der Waals surface area contributed by atoms with E-state index in [9.17, 15) is 19.5 Å². The first kappa shape index (κ1) is 16.1. The molecule has 1 atom stereocenters. The Balaban J connectivity index is 1.72. The number of carboxylic acid groups (broad SMARTS) is 1. The lowest BCUT2D eigenvalue weighted by Crippen LogP contribution is -3.17. The standard InChI is InChI=1S/C16H17BrN2O4/c17-11-1-3-12(4-2-11)19-14(20)9-13(15(19)21)18-7-5-10(6-8-18)16(22)23/h1-4,10,13H,5-9H2,(H,22,23)/t13-/m0/s1. The number of imide groups is 1. The molecule has 0 bridgehead atoms. The molecule has 2 aliphatic rings. The summed E-state index contributed by atoms with van der Waals surface area (Å²) in [4.78, 5) is 38.1. The van der Waals surface area contributed by atoms with Crippen LogP contribution in [0, 0.1) is 5.92 Å². The fourth-order valence-corrected chi connectivity index (χ4v) is 3.65. The minimum Gasteiger partial charge on any atom is -0.550 e. The minimum atomic E-state index is -1.02. The van der Waals surface area contributed by atoms with E-state index in [2.05, 4.69) is 15.9 Å². The van der Waals surface area contributed by atoms with Gasteiger partial charge < -0.3 is 14.8 Å². The van der Waals surface area contributed by atoms with Crippen LogP contribution >= 0.6 is 15.9 Å². The average Bonchev–Trinajstić information content (AvgIpc) is 2.83. The number of nitrogens with one attached hydrogen (secondary N) is 1. The van der Waals surface area contributed by atoms with Gasteiger partial charge in [-0.25, -0.2) is 4.90 Å². The van der Waals surface area contributed by atoms with Gasteiger partial charge in [-0.2, -0.15) is 0 Å². The van der Waals surface area contributed by atoms with Gasteiger partial charge in [-0.1, -0.05) is 15.9 Å². The molecule has 3 rings (SSSR count). The first-order valence-corrected chi connectivity index (χ1v) is 8.44. The number of likely N-dealkylation sites (tertiary alicyclic amines) is 1. The van der Waals surface area contributed by atoms with Crippen LogP contribution in [0.3, 0.4) is 0 Å². The Morgan fingerprint density at radius 1 is 1.17 bits per heavy atom. The minimum absolute atomic E-state index is 0.181. The van der Waals surface area contributed by atoms with Gasteiger partial charge in [-0.05, 0) is 24.3 Å². The summed E-state index contributed by atoms with van der Waals surface area (Å²) >= 11 is 3.33. The van der Waals surface area contributed by atoms with Crippen LogP contribution in [0.2, 0.25) is 0 Å². The van der Waals surface area contributed by atoms with Crippen LogP contribution in [0.1, 0.15) is 19.3 Å². The Bertz CT molecular complexity index is 638. The number of piperidine rings is 1. The molecule has 0 aromatic heterocycles. The summed E-state index contributed by atoms with van der Waals surface area (Å²) in [5.41, 5.74) is 0.578. The van der Waals surface area contributed by atoms with Crippen molar-refractivity contribution < 1.29 is 24.4 Å². The van der Waals surface area contributed by atoms with Crippen molar-refractivity contribution in [2.75, 3.05) is 18.0 Å². The predicted octanol–water partition coefficient (Wildman–Crippen LogP) is -0.874. The summed E-state index contributed by atoms with van der Waals surface area (Å²) < 4.78 is 0.881. The van der Waals surface area contributed by atoms with Gasteiger partial charge in [-0.15, -0.1) is 0 Å². The van der Waals surface area contributed by atoms with Crippen molar-refractivity contribution in [3.63, 3.8) is 0 Å². The fraction of sp³-hybridized carbons (Fsp3) is 0.438. The van der Waals surface area contributed by atoms with Crippen LogP contribution in [0.4, 0.5) is 5.69 Å². The van der Waals surface area contributed by atoms with Gasteiger partial charge in [0.25, 0.3) is 5.91 Å². The lowest BCUT2D eigenvalue weighted by molar-refractivity contribution is -0.920. The predicted molar refractivity (Wildman–Crippen MR) is 83.5 cm³/mol. The van der Waals surface area contributed by atoms with Gasteiger partial charge in [0.05, 0.1) is 25.2 Å². The smallest absolute Gasteiger partial charge is 0.292 e. The highest BCUT2D eigenvalue weighted by molar-refractivity contribution is 9.10. The molecule has 2 amide bonds. The molecular formula is C16H17BrN2O4. The average molecular weight is 381 g/mol. The highest BCUT2D eigenvalue weighted by Crippen LogP contribution is 2.24. The Labute approximate surface area is 142 Å². The van der Waals surface area contributed by atoms with Crippen molar-refractivity contribution in [3.05, 3.63) is 28.7 Å². The first-order valence-electron chi connectivity index (χ1n) is 7.65. The zero-order chi connectivity index (χ0) is 16.6. The summed E-state index contributed by atoms with van der Waals surface area (Å²) in [6, 6.07) is 6.65. The molecule has 2 heterocycles. The monoisotopic (exact) mass is 380 g/mol. The molecular weight excluding hydrogens is 364 g/mol. The summed E-state index contributed by atoms with van der Waals surface area (Å²) in [7, 11) is 0. The van der Waals surface area contributed by atoms with E-state index < -0.39 is 17.9 Å². The molecule has 2 aliphatic heterocycles. The van der Waals surface area contributed by atoms with Crippen LogP contribution in [0.15, 0.2) is 28.7 Å². The van der Waals surface area contributed by atoms with Crippen LogP contribution in [-0.4, -0.2) is 36.9 Å². The molecule has 6 nitrogen and oxygen atoms in total. The van der Waals surface area contributed by atoms with E-state index in [1.165, 1.54) is 4.90 Å². The molecule has 0 aliphatic carbocycles. The Morgan fingerprint density at radius 2 is 1.78 bits per heavy atom. The van der Waals surface area contributed by atoms with Gasteiger partial charge in [0.1, 0.15) is 0 Å². The molecule has 23 heavy (non-hydrogen) atoms. The quantitative estimate of drug-likeness (QED) is 0.690. The molecule has 2 saturated heterocycles. The molecule has 122 valence electrons. The molecule has 0 spiro atoms. The third-order valence-electron chi connectivity index (χ3n) is 4.69. The van der Waals surface area contributed by atoms with E-state index in [0.717, 1.165) is 9.37 Å². The number of anilines is 1. The first-order chi connectivity index (χ1) is 11.0. The van der Waals surface area contributed by atoms with Gasteiger partial charge in [-0.3, -0.25) is 9.59 Å². The third kappa shape index (κ3) is 3.16. The molecule has 0 unspecified atom stereocenters. The van der Waals surface area contributed by atoms with Crippen LogP contribution in [-0.2, 0) is 14.4 Å².